The number of aryl methyl sites for hydroxylation is 1. The Morgan fingerprint density at radius 1 is 1.12 bits per heavy atom. The second-order valence-corrected chi connectivity index (χ2v) is 5.88. The first-order valence-electron chi connectivity index (χ1n) is 8.09. The summed E-state index contributed by atoms with van der Waals surface area (Å²) in [5, 5.41) is 4.22. The van der Waals surface area contributed by atoms with Gasteiger partial charge in [-0.2, -0.15) is 0 Å². The Kier molecular flexibility index (Phi) is 3.89. The van der Waals surface area contributed by atoms with Gasteiger partial charge in [-0.1, -0.05) is 0 Å². The predicted octanol–water partition coefficient (Wildman–Crippen LogP) is 3.36. The first-order valence-corrected chi connectivity index (χ1v) is 8.09. The summed E-state index contributed by atoms with van der Waals surface area (Å²) in [6.07, 6.45) is 5.52. The lowest BCUT2D eigenvalue weighted by molar-refractivity contribution is 0.417. The van der Waals surface area contributed by atoms with Crippen LogP contribution >= 0.6 is 0 Å². The van der Waals surface area contributed by atoms with Crippen molar-refractivity contribution in [2.45, 2.75) is 0 Å². The molecule has 7 nitrogen and oxygen atoms in total. The van der Waals surface area contributed by atoms with Crippen LogP contribution in [0.3, 0.4) is 0 Å². The zero-order valence-electron chi connectivity index (χ0n) is 14.5. The molecule has 0 bridgehead atoms. The van der Waals surface area contributed by atoms with Crippen LogP contribution < -0.4 is 15.8 Å². The van der Waals surface area contributed by atoms with E-state index in [1.165, 1.54) is 0 Å². The zero-order chi connectivity index (χ0) is 18.1. The van der Waals surface area contributed by atoms with Crippen molar-refractivity contribution in [3.05, 3.63) is 55.0 Å². The van der Waals surface area contributed by atoms with Crippen molar-refractivity contribution in [2.75, 3.05) is 18.2 Å². The number of hydrogen-bond acceptors (Lipinski definition) is 6. The highest BCUT2D eigenvalue weighted by molar-refractivity contribution is 5.93. The molecule has 0 spiro atoms. The van der Waals surface area contributed by atoms with E-state index in [0.29, 0.717) is 23.1 Å². The molecule has 0 fully saturated rings. The normalized spacial score (nSPS) is 10.8. The highest BCUT2D eigenvalue weighted by atomic mass is 16.5. The number of pyridine rings is 1. The van der Waals surface area contributed by atoms with Crippen LogP contribution in [0.15, 0.2) is 55.0 Å². The minimum atomic E-state index is 0.465. The Bertz CT molecular complexity index is 1090. The maximum absolute atomic E-state index is 5.88. The molecule has 0 aliphatic carbocycles. The van der Waals surface area contributed by atoms with Crippen molar-refractivity contribution in [3.63, 3.8) is 0 Å². The van der Waals surface area contributed by atoms with E-state index in [4.69, 9.17) is 10.5 Å². The van der Waals surface area contributed by atoms with Crippen molar-refractivity contribution in [3.8, 4) is 17.0 Å². The molecule has 0 atom stereocenters. The van der Waals surface area contributed by atoms with Gasteiger partial charge in [-0.25, -0.2) is 15.0 Å². The monoisotopic (exact) mass is 346 g/mol. The SMILES string of the molecule is COc1ccc(N)cc1Nc1nccc(-c2cn(C)c3ncccc23)n1. The molecule has 0 saturated heterocycles. The molecule has 3 aromatic heterocycles. The van der Waals surface area contributed by atoms with Crippen LogP contribution in [-0.4, -0.2) is 26.6 Å². The zero-order valence-corrected chi connectivity index (χ0v) is 14.5. The first kappa shape index (κ1) is 15.9. The third-order valence-corrected chi connectivity index (χ3v) is 4.14. The minimum Gasteiger partial charge on any atom is -0.495 e. The lowest BCUT2D eigenvalue weighted by atomic mass is 10.1. The van der Waals surface area contributed by atoms with Gasteiger partial charge in [0.25, 0.3) is 0 Å². The van der Waals surface area contributed by atoms with E-state index in [-0.39, 0.29) is 0 Å². The molecule has 0 aliphatic rings. The molecule has 7 heteroatoms. The summed E-state index contributed by atoms with van der Waals surface area (Å²) in [5.41, 5.74) is 9.94. The lowest BCUT2D eigenvalue weighted by Gasteiger charge is -2.11. The molecule has 0 amide bonds. The second-order valence-electron chi connectivity index (χ2n) is 5.88. The summed E-state index contributed by atoms with van der Waals surface area (Å²) in [6.45, 7) is 0. The molecule has 130 valence electrons. The quantitative estimate of drug-likeness (QED) is 0.551. The van der Waals surface area contributed by atoms with Crippen LogP contribution in [0.4, 0.5) is 17.3 Å². The summed E-state index contributed by atoms with van der Waals surface area (Å²) in [4.78, 5) is 13.4. The van der Waals surface area contributed by atoms with Gasteiger partial charge in [-0.15, -0.1) is 0 Å². The predicted molar refractivity (Wildman–Crippen MR) is 102 cm³/mol. The van der Waals surface area contributed by atoms with Gasteiger partial charge in [0.05, 0.1) is 18.5 Å². The van der Waals surface area contributed by atoms with E-state index in [2.05, 4.69) is 20.3 Å². The third kappa shape index (κ3) is 2.79. The number of methoxy groups -OCH3 is 1. The number of nitrogen functional groups attached to an aromatic ring is 1. The van der Waals surface area contributed by atoms with Gasteiger partial charge in [0, 0.05) is 42.3 Å². The van der Waals surface area contributed by atoms with Crippen molar-refractivity contribution in [2.24, 2.45) is 7.05 Å². The lowest BCUT2D eigenvalue weighted by Crippen LogP contribution is -2.00. The van der Waals surface area contributed by atoms with Gasteiger partial charge >= 0.3 is 0 Å². The van der Waals surface area contributed by atoms with Crippen LogP contribution in [0.2, 0.25) is 0 Å². The molecule has 4 rings (SSSR count). The summed E-state index contributed by atoms with van der Waals surface area (Å²) >= 11 is 0. The Balaban J connectivity index is 1.75. The molecule has 0 aliphatic heterocycles. The third-order valence-electron chi connectivity index (χ3n) is 4.14. The standard InChI is InChI=1S/C19H18N6O/c1-25-11-14(13-4-3-8-21-18(13)25)15-7-9-22-19(23-15)24-16-10-12(20)5-6-17(16)26-2/h3-11H,20H2,1-2H3,(H,22,23,24). The van der Waals surface area contributed by atoms with Crippen LogP contribution in [0.5, 0.6) is 5.75 Å². The van der Waals surface area contributed by atoms with Crippen LogP contribution in [0, 0.1) is 0 Å². The number of fused-ring (bicyclic) bond motifs is 1. The Hall–Kier alpha value is -3.61. The van der Waals surface area contributed by atoms with Crippen LogP contribution in [0.1, 0.15) is 0 Å². The average Bonchev–Trinajstić information content (AvgIpc) is 2.99. The van der Waals surface area contributed by atoms with Crippen LogP contribution in [-0.2, 0) is 7.05 Å². The molecule has 4 aromatic rings. The smallest absolute Gasteiger partial charge is 0.227 e. The summed E-state index contributed by atoms with van der Waals surface area (Å²) in [6, 6.07) is 11.2. The topological polar surface area (TPSA) is 90.9 Å². The van der Waals surface area contributed by atoms with Gasteiger partial charge in [0.2, 0.25) is 5.95 Å². The number of rotatable bonds is 4. The number of nitrogens with one attached hydrogen (secondary N) is 1. The molecule has 1 aromatic carbocycles. The van der Waals surface area contributed by atoms with E-state index >= 15 is 0 Å². The molecule has 0 radical (unpaired) electrons. The van der Waals surface area contributed by atoms with Gasteiger partial charge in [-0.05, 0) is 36.4 Å². The van der Waals surface area contributed by atoms with Crippen LogP contribution in [0.25, 0.3) is 22.3 Å². The maximum Gasteiger partial charge on any atom is 0.227 e. The molecule has 3 N–H and O–H groups in total. The average molecular weight is 346 g/mol. The number of hydrogen-bond donors (Lipinski definition) is 2. The number of nitrogens with two attached hydrogens (primary N) is 1. The molecular formula is C19H18N6O. The number of nitrogens with zero attached hydrogens (tertiary/aromatic N) is 4. The molecule has 0 unspecified atom stereocenters. The van der Waals surface area contributed by atoms with Crippen molar-refractivity contribution < 1.29 is 4.74 Å². The van der Waals surface area contributed by atoms with Crippen molar-refractivity contribution in [1.29, 1.82) is 0 Å². The number of benzene rings is 1. The van der Waals surface area contributed by atoms with E-state index in [1.54, 1.807) is 37.7 Å². The van der Waals surface area contributed by atoms with Gasteiger partial charge in [0.1, 0.15) is 11.4 Å². The molecular weight excluding hydrogens is 328 g/mol. The summed E-state index contributed by atoms with van der Waals surface area (Å²) in [7, 11) is 3.58. The number of aromatic nitrogens is 4. The second kappa shape index (κ2) is 6.36. The molecule has 3 heterocycles. The minimum absolute atomic E-state index is 0.465. The highest BCUT2D eigenvalue weighted by Gasteiger charge is 2.12. The first-order chi connectivity index (χ1) is 12.7. The number of anilines is 3. The van der Waals surface area contributed by atoms with Gasteiger partial charge < -0.3 is 20.4 Å². The number of ether oxygens (including phenoxy) is 1. The van der Waals surface area contributed by atoms with E-state index < -0.39 is 0 Å². The maximum atomic E-state index is 5.88. The fraction of sp³-hybridized carbons (Fsp3) is 0.105. The van der Waals surface area contributed by atoms with E-state index in [0.717, 1.165) is 22.3 Å². The van der Waals surface area contributed by atoms with Gasteiger partial charge in [0.15, 0.2) is 0 Å². The fourth-order valence-electron chi connectivity index (χ4n) is 2.93. The fourth-order valence-corrected chi connectivity index (χ4v) is 2.93. The Morgan fingerprint density at radius 3 is 2.85 bits per heavy atom. The molecule has 0 saturated carbocycles. The van der Waals surface area contributed by atoms with Crippen molar-refractivity contribution in [1.82, 2.24) is 19.5 Å². The van der Waals surface area contributed by atoms with Gasteiger partial charge in [-0.3, -0.25) is 0 Å². The Morgan fingerprint density at radius 2 is 2.00 bits per heavy atom. The Labute approximate surface area is 150 Å². The summed E-state index contributed by atoms with van der Waals surface area (Å²) in [5.74, 6) is 1.13. The highest BCUT2D eigenvalue weighted by Crippen LogP contribution is 2.31. The van der Waals surface area contributed by atoms with E-state index in [1.807, 2.05) is 36.0 Å². The summed E-state index contributed by atoms with van der Waals surface area (Å²) < 4.78 is 7.35. The van der Waals surface area contributed by atoms with E-state index in [9.17, 15) is 0 Å². The molecule has 26 heavy (non-hydrogen) atoms. The van der Waals surface area contributed by atoms with Crippen molar-refractivity contribution >= 4 is 28.4 Å². The largest absolute Gasteiger partial charge is 0.495 e.